The van der Waals surface area contributed by atoms with Crippen LogP contribution < -0.4 is 20.7 Å². The number of aliphatic hydroxyl groups is 1. The molecule has 5 rings (SSSR count). The molecule has 33 heavy (non-hydrogen) atoms. The minimum Gasteiger partial charge on any atom is -0.457 e. The molecule has 0 aliphatic carbocycles. The number of aromatic nitrogens is 3. The lowest BCUT2D eigenvalue weighted by molar-refractivity contribution is 0.198. The number of nitrogens with two attached hydrogens (primary N) is 1. The summed E-state index contributed by atoms with van der Waals surface area (Å²) < 4.78 is 6.00. The van der Waals surface area contributed by atoms with E-state index in [2.05, 4.69) is 25.2 Å². The largest absolute Gasteiger partial charge is 0.457 e. The standard InChI is InChI=1S/C25H24N6O2/c26-22-4-2-1-3-21(22)23-14-24(29-16-28-23)30-17-5-7-19(8-6-17)33-20-9-11-27-25(13-20)31-12-10-18(32)15-31/h1-9,11,13-14,16,18,32H,10,12,15,26H2,(H,28,29,30)/t18-/m1/s1. The molecule has 0 spiro atoms. The number of ether oxygens (including phenoxy) is 1. The fourth-order valence-corrected chi connectivity index (χ4v) is 3.78. The summed E-state index contributed by atoms with van der Waals surface area (Å²) in [6.45, 7) is 1.39. The highest BCUT2D eigenvalue weighted by atomic mass is 16.5. The molecule has 8 heteroatoms. The quantitative estimate of drug-likeness (QED) is 0.382. The minimum atomic E-state index is -0.299. The van der Waals surface area contributed by atoms with E-state index in [1.807, 2.05) is 66.7 Å². The molecule has 3 heterocycles. The van der Waals surface area contributed by atoms with Crippen LogP contribution in [0.2, 0.25) is 0 Å². The summed E-state index contributed by atoms with van der Waals surface area (Å²) in [6, 6.07) is 20.8. The van der Waals surface area contributed by atoms with Crippen LogP contribution in [0.1, 0.15) is 6.42 Å². The Hall–Kier alpha value is -4.17. The summed E-state index contributed by atoms with van der Waals surface area (Å²) in [5.74, 6) is 2.88. The van der Waals surface area contributed by atoms with E-state index in [4.69, 9.17) is 10.5 Å². The van der Waals surface area contributed by atoms with E-state index >= 15 is 0 Å². The van der Waals surface area contributed by atoms with Crippen LogP contribution >= 0.6 is 0 Å². The Morgan fingerprint density at radius 3 is 2.61 bits per heavy atom. The SMILES string of the molecule is Nc1ccccc1-c1cc(Nc2ccc(Oc3ccnc(N4CC[C@@H](O)C4)c3)cc2)ncn1. The molecular weight excluding hydrogens is 416 g/mol. The highest BCUT2D eigenvalue weighted by Gasteiger charge is 2.21. The van der Waals surface area contributed by atoms with Crippen molar-refractivity contribution in [3.63, 3.8) is 0 Å². The van der Waals surface area contributed by atoms with Gasteiger partial charge in [-0.05, 0) is 42.8 Å². The Morgan fingerprint density at radius 1 is 0.970 bits per heavy atom. The lowest BCUT2D eigenvalue weighted by Crippen LogP contribution is -2.22. The molecule has 2 aromatic heterocycles. The molecule has 1 aliphatic heterocycles. The predicted molar refractivity (Wildman–Crippen MR) is 129 cm³/mol. The van der Waals surface area contributed by atoms with Crippen molar-refractivity contribution < 1.29 is 9.84 Å². The zero-order chi connectivity index (χ0) is 22.6. The lowest BCUT2D eigenvalue weighted by atomic mass is 10.1. The van der Waals surface area contributed by atoms with Gasteiger partial charge < -0.3 is 25.8 Å². The van der Waals surface area contributed by atoms with Crippen LogP contribution in [0.25, 0.3) is 11.3 Å². The van der Waals surface area contributed by atoms with Gasteiger partial charge in [-0.3, -0.25) is 0 Å². The maximum Gasteiger partial charge on any atom is 0.134 e. The number of para-hydroxylation sites is 1. The number of β-amino-alcohol motifs (C(OH)–C–C–N with tert-alkyl or cyclic N) is 1. The van der Waals surface area contributed by atoms with Crippen molar-refractivity contribution in [2.24, 2.45) is 0 Å². The van der Waals surface area contributed by atoms with E-state index in [9.17, 15) is 5.11 Å². The van der Waals surface area contributed by atoms with Crippen LogP contribution in [0.15, 0.2) is 79.3 Å². The van der Waals surface area contributed by atoms with Crippen LogP contribution in [0, 0.1) is 0 Å². The number of nitrogens with zero attached hydrogens (tertiary/aromatic N) is 4. The fourth-order valence-electron chi connectivity index (χ4n) is 3.78. The smallest absolute Gasteiger partial charge is 0.134 e. The van der Waals surface area contributed by atoms with Crippen molar-refractivity contribution >= 4 is 23.0 Å². The second-order valence-corrected chi connectivity index (χ2v) is 7.87. The fraction of sp³-hybridized carbons (Fsp3) is 0.160. The third-order valence-electron chi connectivity index (χ3n) is 5.47. The molecule has 1 fully saturated rings. The first-order valence-corrected chi connectivity index (χ1v) is 10.7. The van der Waals surface area contributed by atoms with Crippen LogP contribution in [-0.4, -0.2) is 39.3 Å². The molecule has 8 nitrogen and oxygen atoms in total. The zero-order valence-electron chi connectivity index (χ0n) is 17.9. The second-order valence-electron chi connectivity index (χ2n) is 7.87. The highest BCUT2D eigenvalue weighted by molar-refractivity contribution is 5.75. The number of hydrogen-bond donors (Lipinski definition) is 3. The van der Waals surface area contributed by atoms with E-state index in [-0.39, 0.29) is 6.10 Å². The number of anilines is 4. The third-order valence-corrected chi connectivity index (χ3v) is 5.47. The van der Waals surface area contributed by atoms with Gasteiger partial charge in [-0.2, -0.15) is 0 Å². The maximum absolute atomic E-state index is 9.76. The molecule has 0 saturated carbocycles. The van der Waals surface area contributed by atoms with E-state index in [0.717, 1.165) is 35.7 Å². The Balaban J connectivity index is 1.26. The highest BCUT2D eigenvalue weighted by Crippen LogP contribution is 2.29. The van der Waals surface area contributed by atoms with Gasteiger partial charge in [0.2, 0.25) is 0 Å². The van der Waals surface area contributed by atoms with Crippen LogP contribution in [-0.2, 0) is 0 Å². The summed E-state index contributed by atoms with van der Waals surface area (Å²) >= 11 is 0. The number of benzene rings is 2. The van der Waals surface area contributed by atoms with Crippen molar-refractivity contribution in [3.05, 3.63) is 79.3 Å². The van der Waals surface area contributed by atoms with E-state index < -0.39 is 0 Å². The Bertz CT molecular complexity index is 1250. The van der Waals surface area contributed by atoms with Gasteiger partial charge in [0.15, 0.2) is 0 Å². The molecule has 1 atom stereocenters. The van der Waals surface area contributed by atoms with Crippen molar-refractivity contribution in [3.8, 4) is 22.8 Å². The lowest BCUT2D eigenvalue weighted by Gasteiger charge is -2.17. The van der Waals surface area contributed by atoms with Gasteiger partial charge in [0, 0.05) is 48.4 Å². The first-order chi connectivity index (χ1) is 16.1. The average molecular weight is 441 g/mol. The minimum absolute atomic E-state index is 0.299. The van der Waals surface area contributed by atoms with Gasteiger partial charge in [-0.1, -0.05) is 18.2 Å². The summed E-state index contributed by atoms with van der Waals surface area (Å²) in [5.41, 5.74) is 9.24. The molecule has 4 N–H and O–H groups in total. The first-order valence-electron chi connectivity index (χ1n) is 10.7. The van der Waals surface area contributed by atoms with Crippen molar-refractivity contribution in [2.45, 2.75) is 12.5 Å². The molecular formula is C25H24N6O2. The summed E-state index contributed by atoms with van der Waals surface area (Å²) in [4.78, 5) is 15.1. The molecule has 1 aliphatic rings. The number of pyridine rings is 1. The first kappa shape index (κ1) is 20.7. The van der Waals surface area contributed by atoms with Gasteiger partial charge in [-0.15, -0.1) is 0 Å². The van der Waals surface area contributed by atoms with Crippen molar-refractivity contribution in [2.75, 3.05) is 29.0 Å². The molecule has 166 valence electrons. The summed E-state index contributed by atoms with van der Waals surface area (Å²) in [5, 5.41) is 13.0. The van der Waals surface area contributed by atoms with E-state index in [0.29, 0.717) is 29.5 Å². The van der Waals surface area contributed by atoms with E-state index in [1.165, 1.54) is 6.33 Å². The van der Waals surface area contributed by atoms with E-state index in [1.54, 1.807) is 6.20 Å². The third kappa shape index (κ3) is 4.86. The molecule has 0 radical (unpaired) electrons. The Labute approximate surface area is 191 Å². The number of rotatable bonds is 6. The monoisotopic (exact) mass is 440 g/mol. The Kier molecular flexibility index (Phi) is 5.73. The molecule has 0 bridgehead atoms. The molecule has 2 aromatic carbocycles. The summed E-state index contributed by atoms with van der Waals surface area (Å²) in [6.07, 6.45) is 3.69. The van der Waals surface area contributed by atoms with Crippen LogP contribution in [0.3, 0.4) is 0 Å². The molecule has 4 aromatic rings. The van der Waals surface area contributed by atoms with Gasteiger partial charge in [0.25, 0.3) is 0 Å². The Morgan fingerprint density at radius 2 is 1.82 bits per heavy atom. The van der Waals surface area contributed by atoms with Crippen LogP contribution in [0.5, 0.6) is 11.5 Å². The number of nitrogen functional groups attached to an aromatic ring is 1. The van der Waals surface area contributed by atoms with Gasteiger partial charge >= 0.3 is 0 Å². The van der Waals surface area contributed by atoms with Crippen molar-refractivity contribution in [1.29, 1.82) is 0 Å². The predicted octanol–water partition coefficient (Wildman–Crippen LogP) is 4.23. The van der Waals surface area contributed by atoms with Gasteiger partial charge in [0.1, 0.15) is 29.5 Å². The topological polar surface area (TPSA) is 109 Å². The second kappa shape index (κ2) is 9.13. The molecule has 0 unspecified atom stereocenters. The van der Waals surface area contributed by atoms with Crippen LogP contribution in [0.4, 0.5) is 23.0 Å². The van der Waals surface area contributed by atoms with Gasteiger partial charge in [0.05, 0.1) is 11.8 Å². The average Bonchev–Trinajstić information content (AvgIpc) is 3.27. The van der Waals surface area contributed by atoms with Crippen molar-refractivity contribution in [1.82, 2.24) is 15.0 Å². The zero-order valence-corrected chi connectivity index (χ0v) is 17.9. The normalized spacial score (nSPS) is 15.4. The summed E-state index contributed by atoms with van der Waals surface area (Å²) in [7, 11) is 0. The number of hydrogen-bond acceptors (Lipinski definition) is 8. The number of nitrogens with one attached hydrogen (secondary N) is 1. The molecule has 1 saturated heterocycles. The number of aliphatic hydroxyl groups excluding tert-OH is 1. The maximum atomic E-state index is 9.76. The van der Waals surface area contributed by atoms with Gasteiger partial charge in [-0.25, -0.2) is 15.0 Å². The molecule has 0 amide bonds.